The second kappa shape index (κ2) is 5.38. The average Bonchev–Trinajstić information content (AvgIpc) is 2.46. The van der Waals surface area contributed by atoms with Crippen LogP contribution in [-0.4, -0.2) is 24.2 Å². The van der Waals surface area contributed by atoms with Crippen molar-refractivity contribution in [1.29, 1.82) is 0 Å². The van der Waals surface area contributed by atoms with Crippen molar-refractivity contribution in [2.45, 2.75) is 0 Å². The molecular weight excluding hydrogens is 278 g/mol. The van der Waals surface area contributed by atoms with E-state index in [0.29, 0.717) is 35.4 Å². The maximum Gasteiger partial charge on any atom is 0.327 e. The Bertz CT molecular complexity index is 648. The monoisotopic (exact) mass is 289 g/mol. The van der Waals surface area contributed by atoms with E-state index in [-0.39, 0.29) is 6.03 Å². The molecule has 1 aromatic heterocycles. The van der Waals surface area contributed by atoms with Crippen LogP contribution in [0.2, 0.25) is 5.02 Å². The minimum atomic E-state index is -0.254. The van der Waals surface area contributed by atoms with Crippen LogP contribution in [0.15, 0.2) is 42.6 Å². The van der Waals surface area contributed by atoms with Crippen LogP contribution in [-0.2, 0) is 0 Å². The third kappa shape index (κ3) is 2.53. The summed E-state index contributed by atoms with van der Waals surface area (Å²) in [4.78, 5) is 18.1. The first kappa shape index (κ1) is 12.7. The van der Waals surface area contributed by atoms with Gasteiger partial charge in [0.05, 0.1) is 6.54 Å². The summed E-state index contributed by atoms with van der Waals surface area (Å²) < 4.78 is 5.47. The third-order valence-corrected chi connectivity index (χ3v) is 3.14. The van der Waals surface area contributed by atoms with Crippen LogP contribution in [0.1, 0.15) is 0 Å². The summed E-state index contributed by atoms with van der Waals surface area (Å²) in [6, 6.07) is 10.3. The van der Waals surface area contributed by atoms with Crippen LogP contribution in [0, 0.1) is 0 Å². The predicted molar refractivity (Wildman–Crippen MR) is 77.5 cm³/mol. The van der Waals surface area contributed by atoms with Gasteiger partial charge in [-0.05, 0) is 30.3 Å². The normalized spacial score (nSPS) is 13.3. The van der Waals surface area contributed by atoms with E-state index in [1.807, 2.05) is 0 Å². The molecule has 102 valence electrons. The highest BCUT2D eigenvalue weighted by molar-refractivity contribution is 6.30. The number of fused-ring (bicyclic) bond motifs is 1. The molecule has 0 spiro atoms. The smallest absolute Gasteiger partial charge is 0.327 e. The predicted octanol–water partition coefficient (Wildman–Crippen LogP) is 3.17. The Labute approximate surface area is 121 Å². The number of carbonyl (C=O) groups is 1. The molecule has 1 N–H and O–H groups in total. The number of amides is 2. The molecule has 0 saturated heterocycles. The molecule has 0 unspecified atom stereocenters. The van der Waals surface area contributed by atoms with Gasteiger partial charge in [0.2, 0.25) is 0 Å². The number of nitrogens with zero attached hydrogens (tertiary/aromatic N) is 2. The largest absolute Gasteiger partial charge is 0.488 e. The molecule has 2 aromatic rings. The van der Waals surface area contributed by atoms with Crippen LogP contribution in [0.5, 0.6) is 5.75 Å². The Morgan fingerprint density at radius 2 is 2.25 bits per heavy atom. The average molecular weight is 290 g/mol. The van der Waals surface area contributed by atoms with Gasteiger partial charge in [-0.1, -0.05) is 17.7 Å². The van der Waals surface area contributed by atoms with E-state index < -0.39 is 0 Å². The van der Waals surface area contributed by atoms with E-state index in [2.05, 4.69) is 10.3 Å². The summed E-state index contributed by atoms with van der Waals surface area (Å²) >= 11 is 5.90. The molecule has 3 rings (SSSR count). The van der Waals surface area contributed by atoms with E-state index in [0.717, 1.165) is 0 Å². The first-order chi connectivity index (χ1) is 9.74. The number of carbonyl (C=O) groups excluding carboxylic acids is 1. The van der Waals surface area contributed by atoms with Crippen molar-refractivity contribution in [3.8, 4) is 5.75 Å². The molecule has 2 amide bonds. The summed E-state index contributed by atoms with van der Waals surface area (Å²) in [6.45, 7) is 0.901. The van der Waals surface area contributed by atoms with Gasteiger partial charge in [0.15, 0.2) is 11.6 Å². The van der Waals surface area contributed by atoms with Crippen LogP contribution >= 0.6 is 11.6 Å². The highest BCUT2D eigenvalue weighted by atomic mass is 35.5. The number of benzene rings is 1. The van der Waals surface area contributed by atoms with Gasteiger partial charge in [0.1, 0.15) is 6.61 Å². The van der Waals surface area contributed by atoms with Crippen LogP contribution in [0.25, 0.3) is 0 Å². The number of pyridine rings is 1. The minimum absolute atomic E-state index is 0.254. The Kier molecular flexibility index (Phi) is 3.43. The van der Waals surface area contributed by atoms with E-state index in [4.69, 9.17) is 16.3 Å². The molecule has 5 nitrogen and oxygen atoms in total. The minimum Gasteiger partial charge on any atom is -0.488 e. The zero-order valence-corrected chi connectivity index (χ0v) is 11.3. The lowest BCUT2D eigenvalue weighted by Gasteiger charge is -2.28. The molecule has 0 radical (unpaired) electrons. The summed E-state index contributed by atoms with van der Waals surface area (Å²) in [6.07, 6.45) is 1.63. The molecule has 0 aliphatic carbocycles. The molecule has 0 fully saturated rings. The number of halogens is 1. The number of aromatic nitrogens is 1. The van der Waals surface area contributed by atoms with E-state index in [1.165, 1.54) is 0 Å². The van der Waals surface area contributed by atoms with Crippen molar-refractivity contribution in [2.24, 2.45) is 0 Å². The molecule has 0 atom stereocenters. The fraction of sp³-hybridized carbons (Fsp3) is 0.143. The van der Waals surface area contributed by atoms with Crippen molar-refractivity contribution in [1.82, 2.24) is 4.98 Å². The van der Waals surface area contributed by atoms with Gasteiger partial charge < -0.3 is 10.1 Å². The maximum atomic E-state index is 12.3. The Morgan fingerprint density at radius 3 is 3.10 bits per heavy atom. The number of nitrogens with one attached hydrogen (secondary N) is 1. The number of urea groups is 1. The number of rotatable bonds is 1. The van der Waals surface area contributed by atoms with Gasteiger partial charge in [-0.25, -0.2) is 9.78 Å². The van der Waals surface area contributed by atoms with Gasteiger partial charge in [0, 0.05) is 16.9 Å². The molecular formula is C14H12ClN3O2. The molecule has 20 heavy (non-hydrogen) atoms. The van der Waals surface area contributed by atoms with Crippen LogP contribution in [0.3, 0.4) is 0 Å². The Balaban J connectivity index is 1.82. The Hall–Kier alpha value is -2.27. The summed E-state index contributed by atoms with van der Waals surface area (Å²) in [5, 5.41) is 3.37. The van der Waals surface area contributed by atoms with Crippen molar-refractivity contribution in [3.05, 3.63) is 47.6 Å². The van der Waals surface area contributed by atoms with Crippen molar-refractivity contribution in [2.75, 3.05) is 23.4 Å². The Morgan fingerprint density at radius 1 is 1.35 bits per heavy atom. The third-order valence-electron chi connectivity index (χ3n) is 2.90. The lowest BCUT2D eigenvalue weighted by Crippen LogP contribution is -2.41. The molecule has 1 aromatic carbocycles. The second-order valence-corrected chi connectivity index (χ2v) is 4.70. The first-order valence-corrected chi connectivity index (χ1v) is 6.54. The highest BCUT2D eigenvalue weighted by Crippen LogP contribution is 2.29. The standard InChI is InChI=1S/C14H12ClN3O2/c15-10-3-1-4-11(9-10)17-14(19)18-7-8-20-12-5-2-6-16-13(12)18/h1-6,9H,7-8H2,(H,17,19). The van der Waals surface area contributed by atoms with Gasteiger partial charge in [0.25, 0.3) is 0 Å². The topological polar surface area (TPSA) is 54.5 Å². The number of hydrogen-bond acceptors (Lipinski definition) is 3. The number of ether oxygens (including phenoxy) is 1. The van der Waals surface area contributed by atoms with E-state index in [1.54, 1.807) is 47.5 Å². The van der Waals surface area contributed by atoms with Gasteiger partial charge in [-0.15, -0.1) is 0 Å². The van der Waals surface area contributed by atoms with Gasteiger partial charge in [-0.3, -0.25) is 4.90 Å². The summed E-state index contributed by atoms with van der Waals surface area (Å²) in [5.41, 5.74) is 0.645. The van der Waals surface area contributed by atoms with Crippen LogP contribution in [0.4, 0.5) is 16.3 Å². The fourth-order valence-corrected chi connectivity index (χ4v) is 2.20. The quantitative estimate of drug-likeness (QED) is 0.877. The number of hydrogen-bond donors (Lipinski definition) is 1. The maximum absolute atomic E-state index is 12.3. The van der Waals surface area contributed by atoms with Gasteiger partial charge in [-0.2, -0.15) is 0 Å². The van der Waals surface area contributed by atoms with E-state index in [9.17, 15) is 4.79 Å². The fourth-order valence-electron chi connectivity index (χ4n) is 2.01. The SMILES string of the molecule is O=C(Nc1cccc(Cl)c1)N1CCOc2cccnc21. The highest BCUT2D eigenvalue weighted by Gasteiger charge is 2.24. The lowest BCUT2D eigenvalue weighted by molar-refractivity contribution is 0.249. The molecule has 1 aliphatic rings. The second-order valence-electron chi connectivity index (χ2n) is 4.27. The van der Waals surface area contributed by atoms with Gasteiger partial charge >= 0.3 is 6.03 Å². The van der Waals surface area contributed by atoms with Crippen molar-refractivity contribution in [3.63, 3.8) is 0 Å². The van der Waals surface area contributed by atoms with Crippen LogP contribution < -0.4 is 15.0 Å². The molecule has 2 heterocycles. The first-order valence-electron chi connectivity index (χ1n) is 6.16. The molecule has 0 saturated carbocycles. The van der Waals surface area contributed by atoms with Crippen molar-refractivity contribution < 1.29 is 9.53 Å². The summed E-state index contributed by atoms with van der Waals surface area (Å²) in [7, 11) is 0. The molecule has 0 bridgehead atoms. The lowest BCUT2D eigenvalue weighted by atomic mass is 10.3. The van der Waals surface area contributed by atoms with Crippen molar-refractivity contribution >= 4 is 29.1 Å². The summed E-state index contributed by atoms with van der Waals surface area (Å²) in [5.74, 6) is 1.14. The molecule has 6 heteroatoms. The number of anilines is 2. The van der Waals surface area contributed by atoms with E-state index >= 15 is 0 Å². The zero-order chi connectivity index (χ0) is 13.9. The molecule has 1 aliphatic heterocycles. The zero-order valence-electron chi connectivity index (χ0n) is 10.5.